The second-order valence-electron chi connectivity index (χ2n) is 12.1. The number of nitrogens with zero attached hydrogens (tertiary/aromatic N) is 1. The first-order valence-corrected chi connectivity index (χ1v) is 15.5. The van der Waals surface area contributed by atoms with Crippen LogP contribution in [-0.2, 0) is 16.0 Å². The van der Waals surface area contributed by atoms with E-state index in [9.17, 15) is 14.0 Å². The Morgan fingerprint density at radius 1 is 0.605 bits per heavy atom. The molecule has 0 unspecified atom stereocenters. The van der Waals surface area contributed by atoms with Crippen molar-refractivity contribution in [1.29, 1.82) is 0 Å². The first kappa shape index (κ1) is 28.9. The third-order valence-electron chi connectivity index (χ3n) is 9.54. The zero-order chi connectivity index (χ0) is 29.7. The molecule has 222 valence electrons. The number of benzene rings is 3. The minimum absolute atomic E-state index is 0.303. The van der Waals surface area contributed by atoms with E-state index in [1.807, 2.05) is 53.7 Å². The molecule has 0 amide bonds. The lowest BCUT2D eigenvalue weighted by Crippen LogP contribution is -2.48. The average molecular weight is 580 g/mol. The number of halogens is 1. The van der Waals surface area contributed by atoms with Gasteiger partial charge in [0.2, 0.25) is 0 Å². The molecule has 0 radical (unpaired) electrons. The zero-order valence-electron chi connectivity index (χ0n) is 24.5. The van der Waals surface area contributed by atoms with Crippen LogP contribution in [0.25, 0.3) is 0 Å². The molecule has 0 atom stereocenters. The van der Waals surface area contributed by atoms with E-state index >= 15 is 0 Å². The Bertz CT molecular complexity index is 1390. The first-order valence-electron chi connectivity index (χ1n) is 15.5. The van der Waals surface area contributed by atoms with Gasteiger partial charge in [-0.1, -0.05) is 87.1 Å². The molecular formula is C37H38FNO4. The summed E-state index contributed by atoms with van der Waals surface area (Å²) in [6.07, 6.45) is 13.5. The number of rotatable bonds is 6. The fraction of sp³-hybridized carbons (Fsp3) is 0.351. The molecule has 1 aliphatic heterocycles. The molecular weight excluding hydrogens is 541 g/mol. The Morgan fingerprint density at radius 2 is 1.02 bits per heavy atom. The summed E-state index contributed by atoms with van der Waals surface area (Å²) in [6, 6.07) is 24.6. The maximum absolute atomic E-state index is 13.8. The third kappa shape index (κ3) is 5.88. The summed E-state index contributed by atoms with van der Waals surface area (Å²) in [5.41, 5.74) is 0.830. The molecule has 2 fully saturated rings. The quantitative estimate of drug-likeness (QED) is 0.273. The van der Waals surface area contributed by atoms with Crippen LogP contribution in [0.3, 0.4) is 0 Å². The van der Waals surface area contributed by atoms with Gasteiger partial charge in [-0.3, -0.25) is 0 Å². The number of ether oxygens (including phenoxy) is 2. The lowest BCUT2D eigenvalue weighted by atomic mass is 9.51. The van der Waals surface area contributed by atoms with Crippen molar-refractivity contribution in [2.24, 2.45) is 10.8 Å². The molecule has 3 aromatic rings. The van der Waals surface area contributed by atoms with Gasteiger partial charge < -0.3 is 14.4 Å². The second kappa shape index (κ2) is 12.6. The van der Waals surface area contributed by atoms with Gasteiger partial charge in [0.05, 0.1) is 11.1 Å². The maximum Gasteiger partial charge on any atom is 0.343 e. The standard InChI is InChI=1S/C37H38FNO4/c38-31-19-17-28(18-20-31)25-39-26-32(42-34(40)29-13-5-1-6-14-29)36(21-9-3-10-22-36)37(23-11-4-12-24-37)33(27-39)43-35(41)30-15-7-2-8-16-30/h1-2,5-8,13-20,26-27H,3-4,9-12,21-25H2. The summed E-state index contributed by atoms with van der Waals surface area (Å²) in [5.74, 6) is 0.172. The van der Waals surface area contributed by atoms with E-state index in [1.54, 1.807) is 36.4 Å². The summed E-state index contributed by atoms with van der Waals surface area (Å²) in [4.78, 5) is 29.2. The number of carbonyl (C=O) groups excluding carboxylic acids is 2. The second-order valence-corrected chi connectivity index (χ2v) is 12.1. The zero-order valence-corrected chi connectivity index (χ0v) is 24.5. The maximum atomic E-state index is 13.8. The van der Waals surface area contributed by atoms with Crippen molar-refractivity contribution < 1.29 is 23.5 Å². The number of carbonyl (C=O) groups is 2. The molecule has 0 aromatic heterocycles. The Balaban J connectivity index is 1.49. The number of allylic oxidation sites excluding steroid dienone is 2. The highest BCUT2D eigenvalue weighted by Crippen LogP contribution is 2.65. The minimum atomic E-state index is -0.517. The van der Waals surface area contributed by atoms with E-state index in [-0.39, 0.29) is 5.82 Å². The van der Waals surface area contributed by atoms with E-state index in [0.29, 0.717) is 29.2 Å². The van der Waals surface area contributed by atoms with Gasteiger partial charge in [-0.25, -0.2) is 14.0 Å². The smallest absolute Gasteiger partial charge is 0.343 e. The molecule has 6 rings (SSSR count). The van der Waals surface area contributed by atoms with Crippen molar-refractivity contribution in [1.82, 2.24) is 4.90 Å². The van der Waals surface area contributed by atoms with Gasteiger partial charge in [-0.05, 0) is 67.6 Å². The van der Waals surface area contributed by atoms with Crippen LogP contribution < -0.4 is 0 Å². The Morgan fingerprint density at radius 3 is 1.44 bits per heavy atom. The highest BCUT2D eigenvalue weighted by Gasteiger charge is 2.59. The van der Waals surface area contributed by atoms with Crippen molar-refractivity contribution in [2.45, 2.75) is 70.8 Å². The number of hydrogen-bond donors (Lipinski definition) is 0. The minimum Gasteiger partial charge on any atom is -0.425 e. The molecule has 6 heteroatoms. The summed E-state index contributed by atoms with van der Waals surface area (Å²) < 4.78 is 26.7. The van der Waals surface area contributed by atoms with Gasteiger partial charge in [-0.15, -0.1) is 0 Å². The lowest BCUT2D eigenvalue weighted by molar-refractivity contribution is -0.0438. The Labute approximate surface area is 253 Å². The largest absolute Gasteiger partial charge is 0.425 e. The monoisotopic (exact) mass is 579 g/mol. The number of fused-ring (bicyclic) bond motifs is 1. The predicted octanol–water partition coefficient (Wildman–Crippen LogP) is 8.94. The predicted molar refractivity (Wildman–Crippen MR) is 163 cm³/mol. The van der Waals surface area contributed by atoms with Gasteiger partial charge in [0.25, 0.3) is 0 Å². The number of esters is 2. The number of hydrogen-bond acceptors (Lipinski definition) is 5. The molecule has 3 aliphatic rings. The fourth-order valence-corrected chi connectivity index (χ4v) is 7.42. The van der Waals surface area contributed by atoms with Crippen molar-refractivity contribution in [3.63, 3.8) is 0 Å². The molecule has 2 aliphatic carbocycles. The Kier molecular flexibility index (Phi) is 8.46. The van der Waals surface area contributed by atoms with E-state index in [0.717, 1.165) is 69.8 Å². The highest BCUT2D eigenvalue weighted by molar-refractivity contribution is 5.90. The molecule has 0 bridgehead atoms. The molecule has 3 aromatic carbocycles. The summed E-state index contributed by atoms with van der Waals surface area (Å²) >= 11 is 0. The molecule has 43 heavy (non-hydrogen) atoms. The molecule has 5 nitrogen and oxygen atoms in total. The SMILES string of the molecule is O=C(OC1=CN(Cc2ccc(F)cc2)C=C(OC(=O)c2ccccc2)C2(CCCCC2)C12CCCCC2)c1ccccc1. The topological polar surface area (TPSA) is 55.8 Å². The molecule has 2 saturated carbocycles. The Hall–Kier alpha value is -4.19. The van der Waals surface area contributed by atoms with E-state index in [4.69, 9.17) is 9.47 Å². The van der Waals surface area contributed by atoms with Gasteiger partial charge in [0.1, 0.15) is 17.3 Å². The van der Waals surface area contributed by atoms with Crippen LogP contribution in [0.2, 0.25) is 0 Å². The van der Waals surface area contributed by atoms with Crippen LogP contribution in [-0.4, -0.2) is 16.8 Å². The molecule has 1 heterocycles. The summed E-state index contributed by atoms with van der Waals surface area (Å²) in [6.45, 7) is 0.394. The average Bonchev–Trinajstić information content (AvgIpc) is 3.13. The molecule has 0 saturated heterocycles. The summed E-state index contributed by atoms with van der Waals surface area (Å²) in [7, 11) is 0. The van der Waals surface area contributed by atoms with Crippen molar-refractivity contribution in [3.8, 4) is 0 Å². The van der Waals surface area contributed by atoms with Crippen molar-refractivity contribution >= 4 is 11.9 Å². The van der Waals surface area contributed by atoms with E-state index in [1.165, 1.54) is 12.1 Å². The van der Waals surface area contributed by atoms with Gasteiger partial charge in [0, 0.05) is 29.8 Å². The van der Waals surface area contributed by atoms with Gasteiger partial charge >= 0.3 is 11.9 Å². The van der Waals surface area contributed by atoms with Crippen LogP contribution in [0.1, 0.15) is 90.5 Å². The van der Waals surface area contributed by atoms with Crippen LogP contribution in [0.5, 0.6) is 0 Å². The third-order valence-corrected chi connectivity index (χ3v) is 9.54. The summed E-state index contributed by atoms with van der Waals surface area (Å²) in [5, 5.41) is 0. The lowest BCUT2D eigenvalue weighted by Gasteiger charge is -2.54. The van der Waals surface area contributed by atoms with E-state index in [2.05, 4.69) is 0 Å². The van der Waals surface area contributed by atoms with Gasteiger partial charge in [-0.2, -0.15) is 0 Å². The van der Waals surface area contributed by atoms with Crippen molar-refractivity contribution in [2.75, 3.05) is 0 Å². The normalized spacial score (nSPS) is 19.2. The van der Waals surface area contributed by atoms with Gasteiger partial charge in [0.15, 0.2) is 0 Å². The fourth-order valence-electron chi connectivity index (χ4n) is 7.42. The van der Waals surface area contributed by atoms with Crippen LogP contribution in [0.4, 0.5) is 4.39 Å². The van der Waals surface area contributed by atoms with E-state index < -0.39 is 22.8 Å². The van der Waals surface area contributed by atoms with Crippen LogP contribution in [0.15, 0.2) is 109 Å². The first-order chi connectivity index (χ1) is 21.0. The van der Waals surface area contributed by atoms with Crippen molar-refractivity contribution in [3.05, 3.63) is 131 Å². The highest BCUT2D eigenvalue weighted by atomic mass is 19.1. The molecule has 0 N–H and O–H groups in total. The molecule has 2 spiro atoms. The van der Waals surface area contributed by atoms with Crippen LogP contribution in [0, 0.1) is 16.6 Å². The van der Waals surface area contributed by atoms with Crippen LogP contribution >= 0.6 is 0 Å².